The van der Waals surface area contributed by atoms with E-state index in [9.17, 15) is 82.8 Å². The van der Waals surface area contributed by atoms with Gasteiger partial charge in [-0.1, -0.05) is 66.2 Å². The molecule has 26 N–H and O–H groups in total. The van der Waals surface area contributed by atoms with E-state index >= 15 is 9.59 Å². The van der Waals surface area contributed by atoms with E-state index in [4.69, 9.17) is 28.0 Å². The Morgan fingerprint density at radius 1 is 0.566 bits per heavy atom. The topological polar surface area (TPSA) is 634 Å². The lowest BCUT2D eigenvalue weighted by atomic mass is 9.96. The van der Waals surface area contributed by atoms with Crippen molar-refractivity contribution >= 4 is 136 Å². The Hall–Kier alpha value is -9.10. The van der Waals surface area contributed by atoms with Gasteiger partial charge in [0, 0.05) is 67.5 Å². The molecule has 39 nitrogen and oxygen atoms in total. The molecule has 113 heavy (non-hydrogen) atoms. The molecule has 12 amide bonds. The molecule has 632 valence electrons. The van der Waals surface area contributed by atoms with Crippen LogP contribution in [0.5, 0.6) is 0 Å². The van der Waals surface area contributed by atoms with E-state index in [-0.39, 0.29) is 118 Å². The van der Waals surface area contributed by atoms with Crippen LogP contribution in [-0.4, -0.2) is 254 Å². The van der Waals surface area contributed by atoms with Crippen molar-refractivity contribution in [1.29, 1.82) is 10.8 Å². The molecule has 2 unspecified atom stereocenters. The van der Waals surface area contributed by atoms with Gasteiger partial charge in [0.1, 0.15) is 72.9 Å². The molecular formula is C71H116N20O19S3. The molecule has 0 aromatic heterocycles. The number of carbonyl (C=O) groups is 15. The number of β-amino-alcohol motifs (C(OH)–C–C–N with tert-alkyl or cyclic N) is 1. The first-order valence-corrected chi connectivity index (χ1v) is 41.1. The maximum Gasteiger partial charge on any atom is 0.305 e. The Morgan fingerprint density at radius 2 is 1.04 bits per heavy atom. The van der Waals surface area contributed by atoms with Crippen LogP contribution in [-0.2, 0) is 89.2 Å². The van der Waals surface area contributed by atoms with E-state index in [0.29, 0.717) is 29.5 Å². The number of rotatable bonds is 23. The number of carbonyl (C=O) groups excluding carboxylic acids is 13. The third kappa shape index (κ3) is 35.0. The molecule has 1 aromatic rings. The highest BCUT2D eigenvalue weighted by molar-refractivity contribution is 7.99. The number of nitrogens with zero attached hydrogens (tertiary/aromatic N) is 1. The van der Waals surface area contributed by atoms with E-state index in [2.05, 4.69) is 74.4 Å². The van der Waals surface area contributed by atoms with E-state index in [1.165, 1.54) is 42.3 Å². The van der Waals surface area contributed by atoms with Gasteiger partial charge in [-0.3, -0.25) is 88.1 Å². The first kappa shape index (κ1) is 96.3. The van der Waals surface area contributed by atoms with Crippen molar-refractivity contribution in [2.45, 2.75) is 241 Å². The predicted molar refractivity (Wildman–Crippen MR) is 422 cm³/mol. The van der Waals surface area contributed by atoms with Crippen molar-refractivity contribution in [3.8, 4) is 0 Å². The van der Waals surface area contributed by atoms with Crippen molar-refractivity contribution < 1.29 is 92.3 Å². The zero-order valence-corrected chi connectivity index (χ0v) is 67.6. The predicted octanol–water partition coefficient (Wildman–Crippen LogP) is -4.07. The number of carboxylic acid groups (broad SMARTS) is 2. The Morgan fingerprint density at radius 3 is 1.57 bits per heavy atom. The summed E-state index contributed by atoms with van der Waals surface area (Å²) in [5.41, 5.74) is 18.8. The van der Waals surface area contributed by atoms with Gasteiger partial charge in [0.25, 0.3) is 0 Å². The summed E-state index contributed by atoms with van der Waals surface area (Å²) in [6.45, 7) is 12.4. The molecule has 3 aliphatic heterocycles. The normalized spacial score (nSPS) is 26.0. The highest BCUT2D eigenvalue weighted by Crippen LogP contribution is 2.26. The second-order valence-electron chi connectivity index (χ2n) is 29.2. The number of amides is 12. The third-order valence-corrected chi connectivity index (χ3v) is 21.7. The third-order valence-electron chi connectivity index (χ3n) is 18.4. The first-order chi connectivity index (χ1) is 53.2. The smallest absolute Gasteiger partial charge is 0.305 e. The SMILES string of the molecule is CC[C@H](C)[C@@H]1NC(=O)[C@@H](NC(C)=O)CSCc2cc3cc(c2)CSC[C@H](NC(=O)[C@H](CC(N)O)NC(=O)[C@@H]2CCCN2C(=O)[C@H](CCCCNC(=N)N)NC(=O)[C@H](CC(C)C)NC1=O)C(=O)N[C@@H](CC(=O)O)C(=O)N[C@@H](CC(C)C)C(=O)N[C@@H](CC(=O)O)C(=O)NCC(O)N[C@@H](CCCNC(=N)N)C(=O)N[C@H](C(C)=O)CSC3. The summed E-state index contributed by atoms with van der Waals surface area (Å²) in [5, 5.41) is 93.8. The van der Waals surface area contributed by atoms with Gasteiger partial charge in [0.15, 0.2) is 17.7 Å². The molecule has 1 fully saturated rings. The Balaban J connectivity index is 2.00. The number of nitrogens with two attached hydrogens (primary N) is 3. The lowest BCUT2D eigenvalue weighted by Crippen LogP contribution is -2.61. The Bertz CT molecular complexity index is 3510. The maximum atomic E-state index is 15.0. The number of hydrogen-bond acceptors (Lipinski definition) is 24. The van der Waals surface area contributed by atoms with Gasteiger partial charge in [0.2, 0.25) is 70.9 Å². The van der Waals surface area contributed by atoms with Crippen molar-refractivity contribution in [2.24, 2.45) is 35.0 Å². The standard InChI is InChI=1S/C71H116N20O19S3/c1-9-37(6)58-68(109)87-46(21-36(4)5)61(102)82-44(14-10-11-17-77-70(73)74)69(110)91-19-13-16-53(91)67(108)86-47(25-54(72)94)63(104)89-52-34-113-31-42-23-40(22-41(24-42)30-112-33-51(66(107)90-58)80-39(8)93)29-111-32-50(38(7)92)88-60(101)43(15-12-18-78-71(75)76)81-55(95)28-79-59(100)48(26-56(96)97)84-62(103)45(20-35(2)3)83-64(105)49(27-57(98)99)85-65(52)106/h22-24,35-37,43-55,58,81,94-95H,9-21,25-34,72H2,1-8H3,(H,79,100)(H,80,93)(H,82,102)(H,83,105)(H,84,103)(H,85,106)(H,86,108)(H,87,109)(H,88,101)(H,89,104)(H,90,107)(H,96,97)(H,98,99)(H4,73,74,77)(H4,75,76,78)/t37-,43-,44-,45-,46-,47-,48-,49-,50-,51-,52-,53-,54?,55?,58-/m0/s1. The molecule has 0 aliphatic carbocycles. The summed E-state index contributed by atoms with van der Waals surface area (Å²) in [6.07, 6.45) is -5.47. The van der Waals surface area contributed by atoms with E-state index in [1.807, 2.05) is 6.07 Å². The summed E-state index contributed by atoms with van der Waals surface area (Å²) < 4.78 is 0. The van der Waals surface area contributed by atoms with E-state index in [0.717, 1.165) is 11.8 Å². The quantitative estimate of drug-likeness (QED) is 0.0214. The molecule has 1 saturated heterocycles. The van der Waals surface area contributed by atoms with Crippen LogP contribution in [0.25, 0.3) is 0 Å². The van der Waals surface area contributed by atoms with Gasteiger partial charge >= 0.3 is 11.9 Å². The number of aliphatic hydroxyl groups excluding tert-OH is 2. The number of benzene rings is 1. The summed E-state index contributed by atoms with van der Waals surface area (Å²) in [6, 6.07) is -12.8. The number of hydrogen-bond donors (Lipinski definition) is 23. The largest absolute Gasteiger partial charge is 0.481 e. The zero-order chi connectivity index (χ0) is 84.3. The second kappa shape index (κ2) is 48.8. The van der Waals surface area contributed by atoms with Crippen LogP contribution in [0.4, 0.5) is 0 Å². The van der Waals surface area contributed by atoms with Crippen molar-refractivity contribution in [3.63, 3.8) is 0 Å². The number of carboxylic acids is 2. The van der Waals surface area contributed by atoms with Crippen LogP contribution < -0.4 is 91.6 Å². The summed E-state index contributed by atoms with van der Waals surface area (Å²) in [7, 11) is 0. The fourth-order valence-electron chi connectivity index (χ4n) is 12.5. The fourth-order valence-corrected chi connectivity index (χ4v) is 15.6. The highest BCUT2D eigenvalue weighted by Gasteiger charge is 2.42. The number of aliphatic hydroxyl groups is 2. The molecular weight excluding hydrogens is 1530 g/mol. The minimum Gasteiger partial charge on any atom is -0.481 e. The number of aliphatic carboxylic acids is 2. The second-order valence-corrected chi connectivity index (χ2v) is 32.3. The number of nitrogens with one attached hydrogen (secondary N) is 16. The summed E-state index contributed by atoms with van der Waals surface area (Å²) in [5.74, 6) is -17.2. The Labute approximate surface area is 669 Å². The monoisotopic (exact) mass is 1650 g/mol. The Kier molecular flexibility index (Phi) is 41.6. The number of ketones is 1. The molecule has 4 bridgehead atoms. The molecule has 3 aliphatic rings. The minimum atomic E-state index is -2.06. The molecule has 15 atom stereocenters. The number of thioether (sulfide) groups is 3. The molecule has 0 radical (unpaired) electrons. The highest BCUT2D eigenvalue weighted by atomic mass is 32.2. The maximum absolute atomic E-state index is 15.0. The average molecular weight is 1650 g/mol. The van der Waals surface area contributed by atoms with Gasteiger partial charge in [-0.25, -0.2) is 0 Å². The van der Waals surface area contributed by atoms with Gasteiger partial charge in [-0.2, -0.15) is 35.3 Å². The van der Waals surface area contributed by atoms with Crippen LogP contribution in [0, 0.1) is 28.6 Å². The minimum absolute atomic E-state index is 0.00798. The lowest BCUT2D eigenvalue weighted by Gasteiger charge is -2.32. The van der Waals surface area contributed by atoms with Gasteiger partial charge < -0.3 is 112 Å². The van der Waals surface area contributed by atoms with E-state index in [1.54, 1.807) is 53.7 Å². The number of guanidine groups is 2. The lowest BCUT2D eigenvalue weighted by molar-refractivity contribution is -0.143. The van der Waals surface area contributed by atoms with Gasteiger partial charge in [-0.15, -0.1) is 0 Å². The van der Waals surface area contributed by atoms with E-state index < -0.39 is 217 Å². The zero-order valence-electron chi connectivity index (χ0n) is 65.1. The summed E-state index contributed by atoms with van der Waals surface area (Å²) in [4.78, 5) is 213. The van der Waals surface area contributed by atoms with Crippen molar-refractivity contribution in [3.05, 3.63) is 34.9 Å². The number of fused-ring (bicyclic) bond motifs is 6. The molecule has 0 spiro atoms. The van der Waals surface area contributed by atoms with Gasteiger partial charge in [0.05, 0.1) is 31.5 Å². The number of unbranched alkanes of at least 4 members (excludes halogenated alkanes) is 1. The van der Waals surface area contributed by atoms with Crippen molar-refractivity contribution in [2.75, 3.05) is 43.4 Å². The fraction of sp³-hybridized carbons (Fsp3) is 0.676. The van der Waals surface area contributed by atoms with Crippen LogP contribution >= 0.6 is 35.3 Å². The molecule has 3 heterocycles. The van der Waals surface area contributed by atoms with Crippen LogP contribution in [0.15, 0.2) is 18.2 Å². The van der Waals surface area contributed by atoms with Crippen molar-refractivity contribution in [1.82, 2.24) is 79.3 Å². The van der Waals surface area contributed by atoms with Crippen LogP contribution in [0.2, 0.25) is 0 Å². The first-order valence-electron chi connectivity index (χ1n) is 37.7. The molecule has 4 rings (SSSR count). The summed E-state index contributed by atoms with van der Waals surface area (Å²) >= 11 is 3.46. The van der Waals surface area contributed by atoms with Crippen LogP contribution in [0.3, 0.4) is 0 Å². The molecule has 1 aromatic carbocycles. The number of Topliss-reactive ketones (excluding diaryl/α,β-unsaturated/α-hetero) is 1. The molecule has 0 saturated carbocycles. The van der Waals surface area contributed by atoms with Crippen LogP contribution in [0.1, 0.15) is 156 Å². The molecule has 42 heteroatoms. The van der Waals surface area contributed by atoms with Gasteiger partial charge in [-0.05, 0) is 99.2 Å². The average Bonchev–Trinajstić information content (AvgIpc) is 1.73.